The minimum Gasteiger partial charge on any atom is -0.464 e. The molecule has 0 radical (unpaired) electrons. The molecule has 3 aromatic rings. The van der Waals surface area contributed by atoms with Gasteiger partial charge in [-0.3, -0.25) is 0 Å². The van der Waals surface area contributed by atoms with E-state index in [-0.39, 0.29) is 5.69 Å². The lowest BCUT2D eigenvalue weighted by Crippen LogP contribution is -2.04. The molecule has 0 saturated carbocycles. The Hall–Kier alpha value is -2.18. The number of benzene rings is 2. The Morgan fingerprint density at radius 3 is 2.74 bits per heavy atom. The maximum absolute atomic E-state index is 12.1. The number of hydrogen-bond donors (Lipinski definition) is 1. The molecule has 118 valence electrons. The van der Waals surface area contributed by atoms with Crippen molar-refractivity contribution in [3.05, 3.63) is 58.2 Å². The van der Waals surface area contributed by atoms with Gasteiger partial charge in [0.15, 0.2) is 5.69 Å². The molecule has 0 fully saturated rings. The van der Waals surface area contributed by atoms with E-state index >= 15 is 0 Å². The molecule has 23 heavy (non-hydrogen) atoms. The number of carbonyl (C=O) groups is 1. The molecule has 3 rings (SSSR count). The second-order valence-electron chi connectivity index (χ2n) is 5.18. The third kappa shape index (κ3) is 2.87. The quantitative estimate of drug-likeness (QED) is 0.711. The molecule has 1 heterocycles. The summed E-state index contributed by atoms with van der Waals surface area (Å²) in [6.07, 6.45) is -0.626. The summed E-state index contributed by atoms with van der Waals surface area (Å²) in [7, 11) is 1.32. The highest BCUT2D eigenvalue weighted by atomic mass is 79.9. The number of esters is 1. The van der Waals surface area contributed by atoms with Crippen LogP contribution in [0, 0.1) is 0 Å². The van der Waals surface area contributed by atoms with Crippen LogP contribution in [-0.4, -0.2) is 28.0 Å². The molecule has 1 aromatic heterocycles. The predicted octanol–water partition coefficient (Wildman–Crippen LogP) is 3.63. The molecular weight excluding hydrogens is 360 g/mol. The Labute approximate surface area is 141 Å². The molecule has 6 heteroatoms. The van der Waals surface area contributed by atoms with Crippen molar-refractivity contribution in [3.63, 3.8) is 0 Å². The Morgan fingerprint density at radius 2 is 2.09 bits per heavy atom. The first-order valence-corrected chi connectivity index (χ1v) is 7.85. The number of rotatable bonds is 3. The van der Waals surface area contributed by atoms with Crippen LogP contribution in [-0.2, 0) is 4.74 Å². The topological polar surface area (TPSA) is 64.3 Å². The summed E-state index contributed by atoms with van der Waals surface area (Å²) in [5, 5.41) is 14.8. The summed E-state index contributed by atoms with van der Waals surface area (Å²) < 4.78 is 7.44. The second kappa shape index (κ2) is 6.14. The Morgan fingerprint density at radius 1 is 1.30 bits per heavy atom. The number of nitrogens with zero attached hydrogens (tertiary/aromatic N) is 2. The molecule has 0 aliphatic carbocycles. The van der Waals surface area contributed by atoms with E-state index in [9.17, 15) is 9.90 Å². The van der Waals surface area contributed by atoms with Gasteiger partial charge in [0.2, 0.25) is 0 Å². The lowest BCUT2D eigenvalue weighted by Gasteiger charge is -2.06. The highest BCUT2D eigenvalue weighted by molar-refractivity contribution is 9.10. The van der Waals surface area contributed by atoms with Crippen LogP contribution in [0.5, 0.6) is 0 Å². The standard InChI is InChI=1S/C17H15BrN2O3/c1-10(21)11-6-7-15-14(8-11)16(17(22)23-2)19-20(15)13-5-3-4-12(18)9-13/h3-10,21H,1-2H3. The maximum Gasteiger partial charge on any atom is 0.359 e. The van der Waals surface area contributed by atoms with Crippen molar-refractivity contribution in [2.75, 3.05) is 7.11 Å². The Kier molecular flexibility index (Phi) is 4.19. The van der Waals surface area contributed by atoms with Gasteiger partial charge in [0, 0.05) is 9.86 Å². The number of aliphatic hydroxyl groups excluding tert-OH is 1. The summed E-state index contributed by atoms with van der Waals surface area (Å²) in [5.74, 6) is -0.508. The zero-order valence-electron chi connectivity index (χ0n) is 12.7. The first-order chi connectivity index (χ1) is 11.0. The lowest BCUT2D eigenvalue weighted by molar-refractivity contribution is 0.0595. The summed E-state index contributed by atoms with van der Waals surface area (Å²) in [6, 6.07) is 13.1. The maximum atomic E-state index is 12.1. The fraction of sp³-hybridized carbons (Fsp3) is 0.176. The molecule has 5 nitrogen and oxygen atoms in total. The number of aliphatic hydroxyl groups is 1. The van der Waals surface area contributed by atoms with Crippen LogP contribution in [0.1, 0.15) is 29.1 Å². The monoisotopic (exact) mass is 374 g/mol. The van der Waals surface area contributed by atoms with E-state index in [1.165, 1.54) is 7.11 Å². The molecule has 1 unspecified atom stereocenters. The number of aromatic nitrogens is 2. The third-order valence-electron chi connectivity index (χ3n) is 3.62. The minimum atomic E-state index is -0.626. The first-order valence-electron chi connectivity index (χ1n) is 7.06. The van der Waals surface area contributed by atoms with E-state index in [4.69, 9.17) is 4.74 Å². The van der Waals surface area contributed by atoms with Gasteiger partial charge >= 0.3 is 5.97 Å². The van der Waals surface area contributed by atoms with E-state index < -0.39 is 12.1 Å². The van der Waals surface area contributed by atoms with Gasteiger partial charge in [0.1, 0.15) is 0 Å². The van der Waals surface area contributed by atoms with Crippen molar-refractivity contribution in [3.8, 4) is 5.69 Å². The molecular formula is C17H15BrN2O3. The number of carbonyl (C=O) groups excluding carboxylic acids is 1. The average molecular weight is 375 g/mol. The van der Waals surface area contributed by atoms with Gasteiger partial charge < -0.3 is 9.84 Å². The van der Waals surface area contributed by atoms with E-state index in [1.54, 1.807) is 17.7 Å². The van der Waals surface area contributed by atoms with Crippen molar-refractivity contribution in [1.29, 1.82) is 0 Å². The molecule has 0 bridgehead atoms. The van der Waals surface area contributed by atoms with Crippen molar-refractivity contribution in [2.45, 2.75) is 13.0 Å². The van der Waals surface area contributed by atoms with Crippen LogP contribution in [0.3, 0.4) is 0 Å². The predicted molar refractivity (Wildman–Crippen MR) is 90.7 cm³/mol. The van der Waals surface area contributed by atoms with Gasteiger partial charge in [0.25, 0.3) is 0 Å². The Bertz CT molecular complexity index is 887. The van der Waals surface area contributed by atoms with Crippen LogP contribution in [0.15, 0.2) is 46.9 Å². The zero-order valence-corrected chi connectivity index (χ0v) is 14.2. The van der Waals surface area contributed by atoms with Crippen LogP contribution >= 0.6 is 15.9 Å². The van der Waals surface area contributed by atoms with Crippen molar-refractivity contribution in [1.82, 2.24) is 9.78 Å². The van der Waals surface area contributed by atoms with E-state index in [2.05, 4.69) is 21.0 Å². The second-order valence-corrected chi connectivity index (χ2v) is 6.10. The number of hydrogen-bond acceptors (Lipinski definition) is 4. The summed E-state index contributed by atoms with van der Waals surface area (Å²) in [6.45, 7) is 1.68. The van der Waals surface area contributed by atoms with E-state index in [1.807, 2.05) is 36.4 Å². The number of ether oxygens (including phenoxy) is 1. The van der Waals surface area contributed by atoms with Gasteiger partial charge in [0.05, 0.1) is 24.4 Å². The van der Waals surface area contributed by atoms with Gasteiger partial charge in [-0.15, -0.1) is 0 Å². The zero-order chi connectivity index (χ0) is 16.6. The summed E-state index contributed by atoms with van der Waals surface area (Å²) in [4.78, 5) is 12.1. The fourth-order valence-electron chi connectivity index (χ4n) is 2.45. The average Bonchev–Trinajstić information content (AvgIpc) is 2.92. The fourth-order valence-corrected chi connectivity index (χ4v) is 2.83. The number of methoxy groups -OCH3 is 1. The van der Waals surface area contributed by atoms with E-state index in [0.717, 1.165) is 21.2 Å². The van der Waals surface area contributed by atoms with Crippen molar-refractivity contribution < 1.29 is 14.6 Å². The van der Waals surface area contributed by atoms with Gasteiger partial charge in [-0.1, -0.05) is 28.1 Å². The van der Waals surface area contributed by atoms with Crippen molar-refractivity contribution >= 4 is 32.8 Å². The molecule has 0 amide bonds. The summed E-state index contributed by atoms with van der Waals surface area (Å²) in [5.41, 5.74) is 2.54. The number of halogens is 1. The molecule has 0 aliphatic heterocycles. The van der Waals surface area contributed by atoms with E-state index in [0.29, 0.717) is 5.39 Å². The highest BCUT2D eigenvalue weighted by Gasteiger charge is 2.19. The largest absolute Gasteiger partial charge is 0.464 e. The highest BCUT2D eigenvalue weighted by Crippen LogP contribution is 2.27. The number of fused-ring (bicyclic) bond motifs is 1. The Balaban J connectivity index is 2.29. The molecule has 2 aromatic carbocycles. The smallest absolute Gasteiger partial charge is 0.359 e. The van der Waals surface area contributed by atoms with Crippen molar-refractivity contribution in [2.24, 2.45) is 0 Å². The van der Waals surface area contributed by atoms with Crippen LogP contribution in [0.25, 0.3) is 16.6 Å². The molecule has 1 N–H and O–H groups in total. The van der Waals surface area contributed by atoms with Crippen LogP contribution in [0.2, 0.25) is 0 Å². The van der Waals surface area contributed by atoms with Gasteiger partial charge in [-0.25, -0.2) is 9.48 Å². The summed E-state index contributed by atoms with van der Waals surface area (Å²) >= 11 is 3.44. The first kappa shape index (κ1) is 15.7. The molecule has 0 saturated heterocycles. The third-order valence-corrected chi connectivity index (χ3v) is 4.11. The van der Waals surface area contributed by atoms with Crippen LogP contribution in [0.4, 0.5) is 0 Å². The van der Waals surface area contributed by atoms with Crippen LogP contribution < -0.4 is 0 Å². The van der Waals surface area contributed by atoms with Gasteiger partial charge in [-0.2, -0.15) is 5.10 Å². The molecule has 0 spiro atoms. The lowest BCUT2D eigenvalue weighted by atomic mass is 10.1. The minimum absolute atomic E-state index is 0.227. The molecule has 1 atom stereocenters. The molecule has 0 aliphatic rings. The van der Waals surface area contributed by atoms with Gasteiger partial charge in [-0.05, 0) is 42.8 Å². The normalized spacial score (nSPS) is 12.3. The SMILES string of the molecule is COC(=O)c1nn(-c2cccc(Br)c2)c2ccc(C(C)O)cc12.